The van der Waals surface area contributed by atoms with E-state index in [0.29, 0.717) is 49.7 Å². The highest BCUT2D eigenvalue weighted by molar-refractivity contribution is 5.98. The highest BCUT2D eigenvalue weighted by Crippen LogP contribution is 2.37. The van der Waals surface area contributed by atoms with Crippen molar-refractivity contribution in [3.8, 4) is 11.5 Å². The van der Waals surface area contributed by atoms with Crippen LogP contribution in [0.1, 0.15) is 23.2 Å². The van der Waals surface area contributed by atoms with Gasteiger partial charge >= 0.3 is 0 Å². The van der Waals surface area contributed by atoms with E-state index in [1.54, 1.807) is 6.07 Å². The Morgan fingerprint density at radius 1 is 0.844 bits per heavy atom. The molecule has 2 fully saturated rings. The van der Waals surface area contributed by atoms with Gasteiger partial charge in [0, 0.05) is 18.8 Å². The number of nitrogens with zero attached hydrogens (tertiary/aromatic N) is 2. The summed E-state index contributed by atoms with van der Waals surface area (Å²) in [4.78, 5) is 30.2. The number of benzene rings is 3. The van der Waals surface area contributed by atoms with Gasteiger partial charge in [-0.25, -0.2) is 0 Å². The zero-order valence-corrected chi connectivity index (χ0v) is 17.7. The van der Waals surface area contributed by atoms with Crippen molar-refractivity contribution in [3.63, 3.8) is 0 Å². The number of para-hydroxylation sites is 3. The Hall–Kier alpha value is -3.80. The molecular weight excluding hydrogens is 402 g/mol. The number of rotatable bonds is 4. The molecule has 2 saturated heterocycles. The quantitative estimate of drug-likeness (QED) is 0.683. The second kappa shape index (κ2) is 8.38. The van der Waals surface area contributed by atoms with Crippen molar-refractivity contribution in [2.75, 3.05) is 24.7 Å². The van der Waals surface area contributed by atoms with Gasteiger partial charge in [0.2, 0.25) is 5.91 Å². The fourth-order valence-electron chi connectivity index (χ4n) is 4.63. The molecule has 0 aliphatic carbocycles. The first-order chi connectivity index (χ1) is 15.7. The van der Waals surface area contributed by atoms with Crippen molar-refractivity contribution in [1.82, 2.24) is 10.2 Å². The highest BCUT2D eigenvalue weighted by Gasteiger charge is 2.50. The summed E-state index contributed by atoms with van der Waals surface area (Å²) in [6, 6.07) is 26.7. The summed E-state index contributed by atoms with van der Waals surface area (Å²) in [5.74, 6) is 1.19. The van der Waals surface area contributed by atoms with E-state index < -0.39 is 5.54 Å². The average Bonchev–Trinajstić information content (AvgIpc) is 3.16. The molecular formula is C26H25N3O3. The van der Waals surface area contributed by atoms with Gasteiger partial charge in [-0.3, -0.25) is 9.59 Å². The van der Waals surface area contributed by atoms with E-state index in [4.69, 9.17) is 4.74 Å². The predicted molar refractivity (Wildman–Crippen MR) is 123 cm³/mol. The minimum Gasteiger partial charge on any atom is -0.457 e. The molecule has 1 spiro atoms. The summed E-state index contributed by atoms with van der Waals surface area (Å²) < 4.78 is 5.99. The maximum absolute atomic E-state index is 13.4. The molecule has 1 N–H and O–H groups in total. The van der Waals surface area contributed by atoms with E-state index in [-0.39, 0.29) is 11.8 Å². The van der Waals surface area contributed by atoms with Crippen LogP contribution < -0.4 is 15.0 Å². The summed E-state index contributed by atoms with van der Waals surface area (Å²) in [5, 5.41) is 3.00. The standard InChI is InChI=1S/C26H25N3O3/c30-24(22-13-7-8-14-23(22)32-21-11-5-2-6-12-21)28-17-15-26(16-18-28)25(31)27-19-29(26)20-9-3-1-4-10-20/h1-14H,15-19H2,(H,27,31). The molecule has 2 amide bonds. The molecule has 0 atom stereocenters. The Balaban J connectivity index is 1.34. The number of nitrogens with one attached hydrogen (secondary N) is 1. The molecule has 0 unspecified atom stereocenters. The molecule has 2 aliphatic heterocycles. The van der Waals surface area contributed by atoms with E-state index in [1.807, 2.05) is 83.8 Å². The van der Waals surface area contributed by atoms with Crippen LogP contribution in [0.2, 0.25) is 0 Å². The predicted octanol–water partition coefficient (Wildman–Crippen LogP) is 4.05. The number of carbonyl (C=O) groups is 2. The monoisotopic (exact) mass is 427 g/mol. The maximum Gasteiger partial charge on any atom is 0.257 e. The molecule has 6 nitrogen and oxygen atoms in total. The molecule has 162 valence electrons. The number of likely N-dealkylation sites (tertiary alicyclic amines) is 1. The number of ether oxygens (including phenoxy) is 1. The van der Waals surface area contributed by atoms with Crippen molar-refractivity contribution in [2.24, 2.45) is 0 Å². The van der Waals surface area contributed by atoms with Gasteiger partial charge in [-0.05, 0) is 49.2 Å². The lowest BCUT2D eigenvalue weighted by atomic mass is 9.85. The van der Waals surface area contributed by atoms with E-state index in [0.717, 1.165) is 5.69 Å². The maximum atomic E-state index is 13.4. The lowest BCUT2D eigenvalue weighted by Crippen LogP contribution is -2.57. The third-order valence-electron chi connectivity index (χ3n) is 6.37. The first-order valence-electron chi connectivity index (χ1n) is 10.9. The zero-order valence-electron chi connectivity index (χ0n) is 17.7. The molecule has 3 aromatic rings. The van der Waals surface area contributed by atoms with Crippen molar-refractivity contribution in [3.05, 3.63) is 90.5 Å². The van der Waals surface area contributed by atoms with E-state index in [9.17, 15) is 9.59 Å². The van der Waals surface area contributed by atoms with Crippen LogP contribution in [-0.4, -0.2) is 42.0 Å². The van der Waals surface area contributed by atoms with E-state index in [1.165, 1.54) is 0 Å². The zero-order chi connectivity index (χ0) is 22.0. The fraction of sp³-hybridized carbons (Fsp3) is 0.231. The summed E-state index contributed by atoms with van der Waals surface area (Å²) in [6.07, 6.45) is 1.17. The third-order valence-corrected chi connectivity index (χ3v) is 6.37. The summed E-state index contributed by atoms with van der Waals surface area (Å²) in [7, 11) is 0. The van der Waals surface area contributed by atoms with Crippen molar-refractivity contribution in [2.45, 2.75) is 18.4 Å². The van der Waals surface area contributed by atoms with Crippen LogP contribution in [-0.2, 0) is 4.79 Å². The van der Waals surface area contributed by atoms with Gasteiger partial charge in [0.25, 0.3) is 5.91 Å². The van der Waals surface area contributed by atoms with E-state index >= 15 is 0 Å². The molecule has 5 rings (SSSR count). The van der Waals surface area contributed by atoms with Crippen LogP contribution in [0.25, 0.3) is 0 Å². The van der Waals surface area contributed by atoms with Crippen LogP contribution in [0, 0.1) is 0 Å². The second-order valence-electron chi connectivity index (χ2n) is 8.16. The summed E-state index contributed by atoms with van der Waals surface area (Å²) in [5.41, 5.74) is 0.938. The second-order valence-corrected chi connectivity index (χ2v) is 8.16. The number of piperidine rings is 1. The molecule has 0 aromatic heterocycles. The smallest absolute Gasteiger partial charge is 0.257 e. The number of hydrogen-bond donors (Lipinski definition) is 1. The molecule has 0 radical (unpaired) electrons. The van der Waals surface area contributed by atoms with Gasteiger partial charge in [-0.1, -0.05) is 48.5 Å². The van der Waals surface area contributed by atoms with Crippen LogP contribution in [0.15, 0.2) is 84.9 Å². The molecule has 0 bridgehead atoms. The number of carbonyl (C=O) groups excluding carboxylic acids is 2. The lowest BCUT2D eigenvalue weighted by molar-refractivity contribution is -0.124. The van der Waals surface area contributed by atoms with Gasteiger partial charge in [-0.2, -0.15) is 0 Å². The molecule has 2 aliphatic rings. The van der Waals surface area contributed by atoms with Crippen molar-refractivity contribution in [1.29, 1.82) is 0 Å². The topological polar surface area (TPSA) is 61.9 Å². The highest BCUT2D eigenvalue weighted by atomic mass is 16.5. The normalized spacial score (nSPS) is 17.3. The fourth-order valence-corrected chi connectivity index (χ4v) is 4.63. The number of anilines is 1. The Bertz CT molecular complexity index is 1110. The molecule has 32 heavy (non-hydrogen) atoms. The SMILES string of the molecule is O=C(c1ccccc1Oc1ccccc1)N1CCC2(CC1)C(=O)NCN2c1ccccc1. The van der Waals surface area contributed by atoms with Crippen LogP contribution in [0.3, 0.4) is 0 Å². The molecule has 2 heterocycles. The number of amides is 2. The van der Waals surface area contributed by atoms with Crippen LogP contribution >= 0.6 is 0 Å². The Morgan fingerprint density at radius 2 is 1.47 bits per heavy atom. The summed E-state index contributed by atoms with van der Waals surface area (Å²) in [6.45, 7) is 1.51. The molecule has 3 aromatic carbocycles. The van der Waals surface area contributed by atoms with Crippen LogP contribution in [0.4, 0.5) is 5.69 Å². The lowest BCUT2D eigenvalue weighted by Gasteiger charge is -2.43. The minimum absolute atomic E-state index is 0.0428. The molecule has 0 saturated carbocycles. The third kappa shape index (κ3) is 3.58. The largest absolute Gasteiger partial charge is 0.457 e. The Morgan fingerprint density at radius 3 is 2.19 bits per heavy atom. The Kier molecular flexibility index (Phi) is 5.27. The van der Waals surface area contributed by atoms with Crippen molar-refractivity contribution >= 4 is 17.5 Å². The van der Waals surface area contributed by atoms with Crippen LogP contribution in [0.5, 0.6) is 11.5 Å². The molecule has 6 heteroatoms. The Labute approximate surface area is 187 Å². The average molecular weight is 428 g/mol. The first-order valence-corrected chi connectivity index (χ1v) is 10.9. The van der Waals surface area contributed by atoms with Gasteiger partial charge in [0.1, 0.15) is 17.0 Å². The summed E-state index contributed by atoms with van der Waals surface area (Å²) >= 11 is 0. The number of hydrogen-bond acceptors (Lipinski definition) is 4. The first kappa shape index (κ1) is 20.1. The van der Waals surface area contributed by atoms with Gasteiger partial charge in [0.05, 0.1) is 12.2 Å². The minimum atomic E-state index is -0.613. The van der Waals surface area contributed by atoms with E-state index in [2.05, 4.69) is 10.2 Å². The van der Waals surface area contributed by atoms with Gasteiger partial charge in [0.15, 0.2) is 0 Å². The van der Waals surface area contributed by atoms with Gasteiger partial charge in [-0.15, -0.1) is 0 Å². The van der Waals surface area contributed by atoms with Gasteiger partial charge < -0.3 is 19.9 Å². The van der Waals surface area contributed by atoms with Crippen molar-refractivity contribution < 1.29 is 14.3 Å².